The van der Waals surface area contributed by atoms with Crippen molar-refractivity contribution in [1.29, 1.82) is 0 Å². The van der Waals surface area contributed by atoms with Gasteiger partial charge in [0.05, 0.1) is 24.2 Å². The highest BCUT2D eigenvalue weighted by Gasteiger charge is 2.46. The number of Topliss-reactive ketones (excluding diaryl/α,β-unsaturated/α-hetero) is 1. The molecule has 0 radical (unpaired) electrons. The highest BCUT2D eigenvalue weighted by molar-refractivity contribution is 6.08. The number of aliphatic carboxylic acids is 1. The van der Waals surface area contributed by atoms with Crippen molar-refractivity contribution in [2.24, 2.45) is 28.8 Å². The van der Waals surface area contributed by atoms with E-state index >= 15 is 0 Å². The summed E-state index contributed by atoms with van der Waals surface area (Å²) in [6.45, 7) is 5.82. The van der Waals surface area contributed by atoms with E-state index in [9.17, 15) is 24.3 Å². The number of carbonyl (C=O) groups is 4. The summed E-state index contributed by atoms with van der Waals surface area (Å²) < 4.78 is 5.99. The maximum atomic E-state index is 13.1. The number of aliphatic hydroxyl groups is 1. The van der Waals surface area contributed by atoms with Crippen molar-refractivity contribution in [2.75, 3.05) is 0 Å². The van der Waals surface area contributed by atoms with Crippen molar-refractivity contribution in [3.8, 4) is 0 Å². The van der Waals surface area contributed by atoms with Gasteiger partial charge in [-0.2, -0.15) is 0 Å². The predicted octanol–water partition coefficient (Wildman–Crippen LogP) is 4.26. The number of allylic oxidation sites excluding steroid dienone is 1. The lowest BCUT2D eigenvalue weighted by atomic mass is 9.63. The first-order chi connectivity index (χ1) is 18.6. The summed E-state index contributed by atoms with van der Waals surface area (Å²) in [4.78, 5) is 54.9. The molecule has 0 spiro atoms. The minimum Gasteiger partial charge on any atom is -0.481 e. The normalized spacial score (nSPS) is 25.3. The number of hydrogen-bond acceptors (Lipinski definition) is 8. The van der Waals surface area contributed by atoms with Crippen LogP contribution in [0.25, 0.3) is 0 Å². The van der Waals surface area contributed by atoms with E-state index in [1.165, 1.54) is 0 Å². The molecular formula is C30H39NO8. The number of carboxylic acids is 1. The molecule has 6 unspecified atom stereocenters. The molecule has 1 aromatic carbocycles. The fourth-order valence-electron chi connectivity index (χ4n) is 5.31. The van der Waals surface area contributed by atoms with Gasteiger partial charge in [-0.1, -0.05) is 56.3 Å². The maximum Gasteiger partial charge on any atom is 0.308 e. The molecule has 212 valence electrons. The molecule has 0 bridgehead atoms. The number of aliphatic hydroxyl groups excluding tert-OH is 1. The number of hydrogen-bond donors (Lipinski definition) is 2. The average Bonchev–Trinajstić information content (AvgIpc) is 2.89. The monoisotopic (exact) mass is 541 g/mol. The Labute approximate surface area is 229 Å². The Balaban J connectivity index is 1.82. The summed E-state index contributed by atoms with van der Waals surface area (Å²) in [5.41, 5.74) is 2.28. The van der Waals surface area contributed by atoms with E-state index in [1.54, 1.807) is 6.08 Å². The van der Waals surface area contributed by atoms with Crippen LogP contribution in [-0.4, -0.2) is 51.6 Å². The standard InChI is InChI=1S/C30H39NO8/c1-4-18(2)30(37)39-27-13-12-25(31-38-17-20-8-6-5-7-9-20)24-16-26(34)19(3)23(29(24)27)11-10-21(32)14-22(33)15-28(35)36/h5-9,16,18-19,22-23,27,29,33H,4,10-15,17H2,1-3H3,(H,35,36). The smallest absolute Gasteiger partial charge is 0.308 e. The lowest BCUT2D eigenvalue weighted by Gasteiger charge is -2.43. The van der Waals surface area contributed by atoms with Crippen LogP contribution in [0.2, 0.25) is 0 Å². The molecule has 0 aromatic heterocycles. The van der Waals surface area contributed by atoms with E-state index in [-0.39, 0.29) is 54.7 Å². The number of carboxylic acid groups (broad SMARTS) is 1. The van der Waals surface area contributed by atoms with Gasteiger partial charge in [-0.15, -0.1) is 0 Å². The third kappa shape index (κ3) is 8.33. The van der Waals surface area contributed by atoms with Crippen LogP contribution in [0.5, 0.6) is 0 Å². The van der Waals surface area contributed by atoms with Gasteiger partial charge in [-0.3, -0.25) is 19.2 Å². The molecule has 0 amide bonds. The molecule has 0 saturated heterocycles. The summed E-state index contributed by atoms with van der Waals surface area (Å²) in [6.07, 6.45) is 1.13. The molecule has 0 aliphatic heterocycles. The van der Waals surface area contributed by atoms with Crippen LogP contribution < -0.4 is 0 Å². The highest BCUT2D eigenvalue weighted by atomic mass is 16.6. The number of carbonyl (C=O) groups excluding carboxylic acids is 3. The Hall–Kier alpha value is -3.33. The van der Waals surface area contributed by atoms with Crippen molar-refractivity contribution < 1.29 is 39.0 Å². The number of nitrogens with zero attached hydrogens (tertiary/aromatic N) is 1. The Bertz CT molecular complexity index is 1100. The van der Waals surface area contributed by atoms with Crippen LogP contribution in [0.3, 0.4) is 0 Å². The number of ketones is 2. The topological polar surface area (TPSA) is 140 Å². The summed E-state index contributed by atoms with van der Waals surface area (Å²) >= 11 is 0. The van der Waals surface area contributed by atoms with Crippen molar-refractivity contribution in [3.05, 3.63) is 47.5 Å². The summed E-state index contributed by atoms with van der Waals surface area (Å²) in [5.74, 6) is -3.14. The van der Waals surface area contributed by atoms with Gasteiger partial charge in [0.2, 0.25) is 0 Å². The maximum absolute atomic E-state index is 13.1. The number of esters is 1. The molecule has 3 rings (SSSR count). The molecule has 2 aliphatic carbocycles. The molecule has 2 N–H and O–H groups in total. The molecule has 1 aromatic rings. The van der Waals surface area contributed by atoms with Crippen LogP contribution in [0, 0.1) is 23.7 Å². The minimum atomic E-state index is -1.25. The zero-order chi connectivity index (χ0) is 28.5. The molecule has 1 saturated carbocycles. The van der Waals surface area contributed by atoms with Gasteiger partial charge in [0.25, 0.3) is 0 Å². The van der Waals surface area contributed by atoms with Gasteiger partial charge in [-0.05, 0) is 48.8 Å². The van der Waals surface area contributed by atoms with E-state index in [1.807, 2.05) is 51.1 Å². The minimum absolute atomic E-state index is 0.0752. The summed E-state index contributed by atoms with van der Waals surface area (Å²) in [5, 5.41) is 23.1. The molecule has 9 heteroatoms. The lowest BCUT2D eigenvalue weighted by Crippen LogP contribution is -2.46. The molecule has 2 aliphatic rings. The van der Waals surface area contributed by atoms with Gasteiger partial charge in [0.1, 0.15) is 18.5 Å². The van der Waals surface area contributed by atoms with E-state index in [0.717, 1.165) is 5.56 Å². The van der Waals surface area contributed by atoms with Crippen molar-refractivity contribution in [3.63, 3.8) is 0 Å². The van der Waals surface area contributed by atoms with Crippen molar-refractivity contribution >= 4 is 29.2 Å². The van der Waals surface area contributed by atoms with Gasteiger partial charge in [0.15, 0.2) is 5.78 Å². The number of oxime groups is 1. The first-order valence-electron chi connectivity index (χ1n) is 13.7. The van der Waals surface area contributed by atoms with Gasteiger partial charge in [0, 0.05) is 24.7 Å². The second-order valence-electron chi connectivity index (χ2n) is 10.6. The fourth-order valence-corrected chi connectivity index (χ4v) is 5.31. The molecular weight excluding hydrogens is 502 g/mol. The summed E-state index contributed by atoms with van der Waals surface area (Å²) in [7, 11) is 0. The molecule has 1 fully saturated rings. The Kier molecular flexibility index (Phi) is 11.0. The zero-order valence-electron chi connectivity index (χ0n) is 22.9. The number of ether oxygens (including phenoxy) is 1. The van der Waals surface area contributed by atoms with E-state index in [4.69, 9.17) is 14.7 Å². The van der Waals surface area contributed by atoms with E-state index in [2.05, 4.69) is 5.16 Å². The zero-order valence-corrected chi connectivity index (χ0v) is 22.9. The quantitative estimate of drug-likeness (QED) is 0.279. The third-order valence-corrected chi connectivity index (χ3v) is 7.77. The van der Waals surface area contributed by atoms with E-state index in [0.29, 0.717) is 37.0 Å². The third-order valence-electron chi connectivity index (χ3n) is 7.77. The number of fused-ring (bicyclic) bond motifs is 1. The van der Waals surface area contributed by atoms with Crippen LogP contribution >= 0.6 is 0 Å². The second-order valence-corrected chi connectivity index (χ2v) is 10.6. The van der Waals surface area contributed by atoms with E-state index < -0.39 is 30.5 Å². The average molecular weight is 542 g/mol. The number of rotatable bonds is 13. The second kappa shape index (κ2) is 14.2. The first kappa shape index (κ1) is 30.2. The van der Waals surface area contributed by atoms with Gasteiger partial charge >= 0.3 is 11.9 Å². The summed E-state index contributed by atoms with van der Waals surface area (Å²) in [6, 6.07) is 9.60. The molecule has 9 nitrogen and oxygen atoms in total. The largest absolute Gasteiger partial charge is 0.481 e. The Morgan fingerprint density at radius 2 is 1.87 bits per heavy atom. The fraction of sp³-hybridized carbons (Fsp3) is 0.567. The first-order valence-corrected chi connectivity index (χ1v) is 13.7. The highest BCUT2D eigenvalue weighted by Crippen LogP contribution is 2.44. The van der Waals surface area contributed by atoms with Crippen molar-refractivity contribution in [2.45, 2.75) is 84.5 Å². The molecule has 39 heavy (non-hydrogen) atoms. The number of benzene rings is 1. The molecule has 6 atom stereocenters. The molecule has 0 heterocycles. The van der Waals surface area contributed by atoms with Gasteiger partial charge < -0.3 is 19.8 Å². The van der Waals surface area contributed by atoms with Crippen LogP contribution in [0.15, 0.2) is 47.1 Å². The Morgan fingerprint density at radius 1 is 1.15 bits per heavy atom. The van der Waals surface area contributed by atoms with Crippen molar-refractivity contribution in [1.82, 2.24) is 0 Å². The van der Waals surface area contributed by atoms with Gasteiger partial charge in [-0.25, -0.2) is 0 Å². The van der Waals surface area contributed by atoms with Crippen LogP contribution in [0.4, 0.5) is 0 Å². The predicted molar refractivity (Wildman–Crippen MR) is 144 cm³/mol. The van der Waals surface area contributed by atoms with Crippen LogP contribution in [-0.2, 0) is 35.4 Å². The van der Waals surface area contributed by atoms with Crippen LogP contribution in [0.1, 0.15) is 71.3 Å². The lowest BCUT2D eigenvalue weighted by molar-refractivity contribution is -0.158. The Morgan fingerprint density at radius 3 is 2.54 bits per heavy atom. The SMILES string of the molecule is CCC(C)C(=O)OC1CCC(=NOCc2ccccc2)C2=CC(=O)C(C)C(CCC(=O)CC(O)CC(=O)O)C21.